The number of ether oxygens (including phenoxy) is 2. The van der Waals surface area contributed by atoms with Crippen LogP contribution in [0.4, 0.5) is 5.69 Å². The maximum Gasteiger partial charge on any atom is 0.344 e. The molecule has 0 amide bonds. The van der Waals surface area contributed by atoms with Crippen molar-refractivity contribution in [3.63, 3.8) is 0 Å². The summed E-state index contributed by atoms with van der Waals surface area (Å²) in [5.41, 5.74) is -2.08. The molecular weight excluding hydrogens is 573 g/mol. The smallest absolute Gasteiger partial charge is 0.344 e. The van der Waals surface area contributed by atoms with Gasteiger partial charge in [-0.05, 0) is 25.1 Å². The van der Waals surface area contributed by atoms with Crippen molar-refractivity contribution in [2.75, 3.05) is 26.8 Å². The summed E-state index contributed by atoms with van der Waals surface area (Å²) in [6, 6.07) is 7.79. The van der Waals surface area contributed by atoms with Crippen LogP contribution >= 0.6 is 34.8 Å². The van der Waals surface area contributed by atoms with Crippen molar-refractivity contribution in [2.24, 2.45) is 0 Å². The fourth-order valence-corrected chi connectivity index (χ4v) is 6.65. The molecule has 0 unspecified atom stereocenters. The molecule has 0 atom stereocenters. The Morgan fingerprint density at radius 3 is 2.41 bits per heavy atom. The van der Waals surface area contributed by atoms with Crippen LogP contribution < -0.4 is 0 Å². The Kier molecular flexibility index (Phi) is 7.52. The normalized spacial score (nSPS) is 15.3. The number of para-hydroxylation sites is 1. The van der Waals surface area contributed by atoms with Crippen LogP contribution in [0.25, 0.3) is 11.3 Å². The van der Waals surface area contributed by atoms with E-state index in [2.05, 4.69) is 5.16 Å². The maximum absolute atomic E-state index is 13.2. The van der Waals surface area contributed by atoms with Gasteiger partial charge in [-0.1, -0.05) is 52.1 Å². The van der Waals surface area contributed by atoms with E-state index in [1.54, 1.807) is 6.92 Å². The average molecular weight is 591 g/mol. The highest BCUT2D eigenvalue weighted by molar-refractivity contribution is 7.89. The summed E-state index contributed by atoms with van der Waals surface area (Å²) in [7, 11) is -3.00. The lowest BCUT2D eigenvalue weighted by Gasteiger charge is -2.46. The fourth-order valence-electron chi connectivity index (χ4n) is 3.96. The summed E-state index contributed by atoms with van der Waals surface area (Å²) in [6.45, 7) is 0.953. The highest BCUT2D eigenvalue weighted by Gasteiger charge is 2.56. The summed E-state index contributed by atoms with van der Waals surface area (Å²) in [5.74, 6) is -0.938. The zero-order chi connectivity index (χ0) is 27.1. The average Bonchev–Trinajstić information content (AvgIpc) is 3.23. The molecule has 2 aromatic carbocycles. The minimum absolute atomic E-state index is 0.0170. The largest absolute Gasteiger partial charge is 0.462 e. The highest BCUT2D eigenvalue weighted by atomic mass is 35.5. The SMILES string of the molecule is CCOC(=O)c1c(-c2c(Cl)cc(Cl)cc2Cl)noc1C1(OC)CN(S(=O)(=O)c2ccccc2[N+](=O)[O-])C1. The zero-order valence-electron chi connectivity index (χ0n) is 19.2. The lowest BCUT2D eigenvalue weighted by atomic mass is 9.89. The molecule has 3 aromatic rings. The number of hydrogen-bond donors (Lipinski definition) is 0. The number of benzene rings is 2. The van der Waals surface area contributed by atoms with E-state index in [0.717, 1.165) is 16.4 Å². The number of methoxy groups -OCH3 is 1. The number of rotatable bonds is 8. The molecule has 0 spiro atoms. The van der Waals surface area contributed by atoms with E-state index in [0.29, 0.717) is 0 Å². The molecule has 2 heterocycles. The molecule has 4 rings (SSSR count). The molecule has 1 saturated heterocycles. The molecule has 1 fully saturated rings. The first kappa shape index (κ1) is 27.3. The lowest BCUT2D eigenvalue weighted by Crippen LogP contribution is -2.62. The van der Waals surface area contributed by atoms with E-state index < -0.39 is 37.1 Å². The Hall–Kier alpha value is -2.74. The second kappa shape index (κ2) is 10.2. The summed E-state index contributed by atoms with van der Waals surface area (Å²) < 4.78 is 43.8. The number of halogens is 3. The molecule has 37 heavy (non-hydrogen) atoms. The number of nitrogens with zero attached hydrogens (tertiary/aromatic N) is 3. The van der Waals surface area contributed by atoms with Crippen LogP contribution in [0.3, 0.4) is 0 Å². The molecule has 15 heteroatoms. The number of aromatic nitrogens is 1. The van der Waals surface area contributed by atoms with Crippen molar-refractivity contribution >= 4 is 56.5 Å². The van der Waals surface area contributed by atoms with Gasteiger partial charge in [0.2, 0.25) is 10.0 Å². The minimum atomic E-state index is -4.30. The second-order valence-electron chi connectivity index (χ2n) is 7.90. The van der Waals surface area contributed by atoms with E-state index in [1.165, 1.54) is 31.4 Å². The first-order valence-electron chi connectivity index (χ1n) is 10.6. The molecular formula is C22H18Cl3N3O8S. The van der Waals surface area contributed by atoms with Gasteiger partial charge in [0, 0.05) is 23.8 Å². The van der Waals surface area contributed by atoms with Gasteiger partial charge in [0.1, 0.15) is 11.3 Å². The number of nitro benzene ring substituents is 1. The molecule has 0 bridgehead atoms. The first-order valence-corrected chi connectivity index (χ1v) is 13.1. The van der Waals surface area contributed by atoms with Gasteiger partial charge in [0.25, 0.3) is 5.69 Å². The Morgan fingerprint density at radius 2 is 1.84 bits per heavy atom. The van der Waals surface area contributed by atoms with Gasteiger partial charge in [-0.3, -0.25) is 10.1 Å². The van der Waals surface area contributed by atoms with Crippen LogP contribution in [0.5, 0.6) is 0 Å². The van der Waals surface area contributed by atoms with Gasteiger partial charge < -0.3 is 14.0 Å². The van der Waals surface area contributed by atoms with Crippen LogP contribution in [-0.2, 0) is 25.1 Å². The Morgan fingerprint density at radius 1 is 1.22 bits per heavy atom. The van der Waals surface area contributed by atoms with E-state index in [4.69, 9.17) is 48.8 Å². The minimum Gasteiger partial charge on any atom is -0.462 e. The fraction of sp³-hybridized carbons (Fsp3) is 0.273. The summed E-state index contributed by atoms with van der Waals surface area (Å²) in [6.07, 6.45) is 0. The molecule has 1 aromatic heterocycles. The zero-order valence-corrected chi connectivity index (χ0v) is 22.3. The number of nitro groups is 1. The predicted molar refractivity (Wildman–Crippen MR) is 133 cm³/mol. The molecule has 1 aliphatic rings. The third-order valence-corrected chi connectivity index (χ3v) is 8.42. The van der Waals surface area contributed by atoms with Crippen LogP contribution in [0.2, 0.25) is 15.1 Å². The van der Waals surface area contributed by atoms with Gasteiger partial charge >= 0.3 is 5.97 Å². The van der Waals surface area contributed by atoms with Gasteiger partial charge in [-0.2, -0.15) is 4.31 Å². The molecule has 196 valence electrons. The van der Waals surface area contributed by atoms with Crippen molar-refractivity contribution in [3.05, 3.63) is 72.9 Å². The lowest BCUT2D eigenvalue weighted by molar-refractivity contribution is -0.387. The molecule has 11 nitrogen and oxygen atoms in total. The van der Waals surface area contributed by atoms with Crippen molar-refractivity contribution in [3.8, 4) is 11.3 Å². The number of carbonyl (C=O) groups excluding carboxylic acids is 1. The molecule has 0 radical (unpaired) electrons. The van der Waals surface area contributed by atoms with E-state index in [9.17, 15) is 23.3 Å². The third kappa shape index (κ3) is 4.69. The van der Waals surface area contributed by atoms with Crippen molar-refractivity contribution in [1.82, 2.24) is 9.46 Å². The highest BCUT2D eigenvalue weighted by Crippen LogP contribution is 2.46. The summed E-state index contributed by atoms with van der Waals surface area (Å²) in [4.78, 5) is 23.2. The quantitative estimate of drug-likeness (QED) is 0.203. The molecule has 1 aliphatic heterocycles. The number of hydrogen-bond acceptors (Lipinski definition) is 9. The Bertz CT molecular complexity index is 1480. The topological polar surface area (TPSA) is 142 Å². The Labute approximate surface area is 226 Å². The number of esters is 1. The van der Waals surface area contributed by atoms with Gasteiger partial charge in [-0.25, -0.2) is 13.2 Å². The Balaban J connectivity index is 1.79. The van der Waals surface area contributed by atoms with E-state index >= 15 is 0 Å². The van der Waals surface area contributed by atoms with E-state index in [-0.39, 0.29) is 57.3 Å². The van der Waals surface area contributed by atoms with Gasteiger partial charge in [0.05, 0.1) is 34.7 Å². The van der Waals surface area contributed by atoms with Crippen LogP contribution in [-0.4, -0.2) is 55.6 Å². The monoisotopic (exact) mass is 589 g/mol. The molecule has 0 N–H and O–H groups in total. The van der Waals surface area contributed by atoms with Crippen molar-refractivity contribution in [2.45, 2.75) is 17.4 Å². The van der Waals surface area contributed by atoms with Gasteiger partial charge in [-0.15, -0.1) is 0 Å². The number of sulfonamides is 1. The molecule has 0 aliphatic carbocycles. The van der Waals surface area contributed by atoms with Gasteiger partial charge in [0.15, 0.2) is 16.3 Å². The number of carbonyl (C=O) groups is 1. The maximum atomic E-state index is 13.2. The standard InChI is InChI=1S/C22H18Cl3N3O8S/c1-3-35-21(29)18-19(17-13(24)8-12(23)9-14(17)25)26-36-20(18)22(34-2)10-27(11-22)37(32,33)16-7-5-4-6-15(16)28(30)31/h4-9H,3,10-11H2,1-2H3. The predicted octanol–water partition coefficient (Wildman–Crippen LogP) is 4.93. The second-order valence-corrected chi connectivity index (χ2v) is 11.1. The van der Waals surface area contributed by atoms with Crippen molar-refractivity contribution < 1.29 is 32.1 Å². The van der Waals surface area contributed by atoms with E-state index in [1.807, 2.05) is 0 Å². The van der Waals surface area contributed by atoms with Crippen molar-refractivity contribution in [1.29, 1.82) is 0 Å². The molecule has 0 saturated carbocycles. The van der Waals surface area contributed by atoms with Crippen LogP contribution in [0.15, 0.2) is 45.8 Å². The first-order chi connectivity index (χ1) is 17.5. The summed E-state index contributed by atoms with van der Waals surface area (Å²) in [5, 5.41) is 15.8. The summed E-state index contributed by atoms with van der Waals surface area (Å²) >= 11 is 18.7. The van der Waals surface area contributed by atoms with Crippen LogP contribution in [0, 0.1) is 10.1 Å². The third-order valence-electron chi connectivity index (χ3n) is 5.76. The van der Waals surface area contributed by atoms with Crippen LogP contribution in [0.1, 0.15) is 23.0 Å².